The first-order valence-corrected chi connectivity index (χ1v) is 4.75. The Balaban J connectivity index is 2.46. The van der Waals surface area contributed by atoms with Crippen molar-refractivity contribution in [1.82, 2.24) is 9.78 Å². The SMILES string of the molecule is CC(C)Cn1ccc(CCN=[N+]=[N-])n1. The maximum absolute atomic E-state index is 8.10. The van der Waals surface area contributed by atoms with Gasteiger partial charge in [0.25, 0.3) is 0 Å². The number of rotatable bonds is 5. The Morgan fingerprint density at radius 3 is 3.07 bits per heavy atom. The van der Waals surface area contributed by atoms with Crippen molar-refractivity contribution >= 4 is 0 Å². The highest BCUT2D eigenvalue weighted by atomic mass is 15.3. The van der Waals surface area contributed by atoms with Crippen LogP contribution >= 0.6 is 0 Å². The van der Waals surface area contributed by atoms with Gasteiger partial charge in [-0.05, 0) is 23.9 Å². The van der Waals surface area contributed by atoms with E-state index in [1.165, 1.54) is 0 Å². The second-order valence-corrected chi connectivity index (χ2v) is 3.63. The van der Waals surface area contributed by atoms with Crippen molar-refractivity contribution in [3.63, 3.8) is 0 Å². The van der Waals surface area contributed by atoms with Gasteiger partial charge in [-0.15, -0.1) is 0 Å². The molecule has 0 atom stereocenters. The molecule has 0 unspecified atom stereocenters. The van der Waals surface area contributed by atoms with Crippen LogP contribution in [0.3, 0.4) is 0 Å². The van der Waals surface area contributed by atoms with E-state index >= 15 is 0 Å². The molecular weight excluding hydrogens is 178 g/mol. The zero-order valence-corrected chi connectivity index (χ0v) is 8.59. The summed E-state index contributed by atoms with van der Waals surface area (Å²) in [6.07, 6.45) is 2.68. The molecule has 0 saturated carbocycles. The molecule has 0 aliphatic carbocycles. The number of azide groups is 1. The molecule has 0 saturated heterocycles. The summed E-state index contributed by atoms with van der Waals surface area (Å²) in [7, 11) is 0. The van der Waals surface area contributed by atoms with E-state index in [4.69, 9.17) is 5.53 Å². The Bertz CT molecular complexity index is 322. The Morgan fingerprint density at radius 1 is 1.64 bits per heavy atom. The van der Waals surface area contributed by atoms with Crippen LogP contribution in [0.4, 0.5) is 0 Å². The lowest BCUT2D eigenvalue weighted by molar-refractivity contribution is 0.480. The van der Waals surface area contributed by atoms with Gasteiger partial charge in [0.05, 0.1) is 5.69 Å². The van der Waals surface area contributed by atoms with Gasteiger partial charge in [-0.2, -0.15) is 5.10 Å². The molecule has 5 nitrogen and oxygen atoms in total. The number of hydrogen-bond donors (Lipinski definition) is 0. The minimum absolute atomic E-state index is 0.481. The Kier molecular flexibility index (Phi) is 4.01. The summed E-state index contributed by atoms with van der Waals surface area (Å²) in [5, 5.41) is 7.82. The van der Waals surface area contributed by atoms with Gasteiger partial charge in [-0.25, -0.2) is 0 Å². The van der Waals surface area contributed by atoms with Crippen molar-refractivity contribution in [2.24, 2.45) is 11.0 Å². The summed E-state index contributed by atoms with van der Waals surface area (Å²) < 4.78 is 1.93. The number of nitrogens with zero attached hydrogens (tertiary/aromatic N) is 5. The lowest BCUT2D eigenvalue weighted by atomic mass is 10.2. The normalized spacial score (nSPS) is 10.2. The maximum Gasteiger partial charge on any atom is 0.0625 e. The lowest BCUT2D eigenvalue weighted by Gasteiger charge is -2.03. The highest BCUT2D eigenvalue weighted by Crippen LogP contribution is 2.01. The van der Waals surface area contributed by atoms with Gasteiger partial charge in [0.1, 0.15) is 0 Å². The molecule has 0 fully saturated rings. The fourth-order valence-corrected chi connectivity index (χ4v) is 1.22. The largest absolute Gasteiger partial charge is 0.272 e. The average molecular weight is 193 g/mol. The van der Waals surface area contributed by atoms with Crippen molar-refractivity contribution in [1.29, 1.82) is 0 Å². The number of aromatic nitrogens is 2. The maximum atomic E-state index is 8.10. The van der Waals surface area contributed by atoms with Crippen LogP contribution in [0.5, 0.6) is 0 Å². The molecule has 1 aromatic heterocycles. The standard InChI is InChI=1S/C9H15N5/c1-8(2)7-14-6-4-9(12-14)3-5-11-13-10/h4,6,8H,3,5,7H2,1-2H3. The molecule has 0 radical (unpaired) electrons. The van der Waals surface area contributed by atoms with Crippen molar-refractivity contribution < 1.29 is 0 Å². The first-order valence-electron chi connectivity index (χ1n) is 4.75. The molecule has 0 aliphatic rings. The van der Waals surface area contributed by atoms with Gasteiger partial charge in [0.15, 0.2) is 0 Å². The topological polar surface area (TPSA) is 66.6 Å². The quantitative estimate of drug-likeness (QED) is 0.402. The zero-order valence-electron chi connectivity index (χ0n) is 8.59. The molecule has 0 aromatic carbocycles. The third kappa shape index (κ3) is 3.49. The molecule has 0 amide bonds. The monoisotopic (exact) mass is 193 g/mol. The van der Waals surface area contributed by atoms with Gasteiger partial charge < -0.3 is 0 Å². The molecule has 0 aliphatic heterocycles. The first kappa shape index (κ1) is 10.6. The van der Waals surface area contributed by atoms with Crippen molar-refractivity contribution in [2.45, 2.75) is 26.8 Å². The van der Waals surface area contributed by atoms with Crippen molar-refractivity contribution in [2.75, 3.05) is 6.54 Å². The van der Waals surface area contributed by atoms with Crippen LogP contribution in [0.15, 0.2) is 17.4 Å². The molecule has 1 heterocycles. The summed E-state index contributed by atoms with van der Waals surface area (Å²) in [5.74, 6) is 0.597. The van der Waals surface area contributed by atoms with Crippen molar-refractivity contribution in [3.05, 3.63) is 28.4 Å². The van der Waals surface area contributed by atoms with E-state index in [-0.39, 0.29) is 0 Å². The van der Waals surface area contributed by atoms with Gasteiger partial charge in [-0.3, -0.25) is 4.68 Å². The second kappa shape index (κ2) is 5.29. The van der Waals surface area contributed by atoms with E-state index < -0.39 is 0 Å². The first-order chi connectivity index (χ1) is 6.72. The van der Waals surface area contributed by atoms with Crippen LogP contribution in [-0.2, 0) is 13.0 Å². The summed E-state index contributed by atoms with van der Waals surface area (Å²) in [6, 6.07) is 1.97. The van der Waals surface area contributed by atoms with Crippen LogP contribution in [0, 0.1) is 5.92 Å². The van der Waals surface area contributed by atoms with E-state index in [2.05, 4.69) is 29.0 Å². The molecule has 0 bridgehead atoms. The molecule has 1 rings (SSSR count). The number of hydrogen-bond acceptors (Lipinski definition) is 2. The predicted octanol–water partition coefficient (Wildman–Crippen LogP) is 2.39. The van der Waals surface area contributed by atoms with Crippen LogP contribution in [0.25, 0.3) is 10.4 Å². The third-order valence-electron chi connectivity index (χ3n) is 1.78. The van der Waals surface area contributed by atoms with E-state index in [0.29, 0.717) is 12.5 Å². The van der Waals surface area contributed by atoms with Gasteiger partial charge in [0.2, 0.25) is 0 Å². The van der Waals surface area contributed by atoms with Gasteiger partial charge in [0, 0.05) is 24.2 Å². The van der Waals surface area contributed by atoms with Crippen LogP contribution in [-0.4, -0.2) is 16.3 Å². The van der Waals surface area contributed by atoms with E-state index in [1.807, 2.05) is 16.9 Å². The van der Waals surface area contributed by atoms with Gasteiger partial charge >= 0.3 is 0 Å². The highest BCUT2D eigenvalue weighted by Gasteiger charge is 1.99. The molecule has 76 valence electrons. The summed E-state index contributed by atoms with van der Waals surface area (Å²) >= 11 is 0. The Hall–Kier alpha value is -1.48. The summed E-state index contributed by atoms with van der Waals surface area (Å²) in [4.78, 5) is 2.70. The minimum atomic E-state index is 0.481. The Labute approximate surface area is 83.4 Å². The fourth-order valence-electron chi connectivity index (χ4n) is 1.22. The van der Waals surface area contributed by atoms with Crippen LogP contribution in [0.1, 0.15) is 19.5 Å². The molecule has 14 heavy (non-hydrogen) atoms. The minimum Gasteiger partial charge on any atom is -0.272 e. The summed E-state index contributed by atoms with van der Waals surface area (Å²) in [5.41, 5.74) is 9.09. The fraction of sp³-hybridized carbons (Fsp3) is 0.667. The lowest BCUT2D eigenvalue weighted by Crippen LogP contribution is -2.05. The van der Waals surface area contributed by atoms with E-state index in [0.717, 1.165) is 18.7 Å². The molecule has 0 N–H and O–H groups in total. The highest BCUT2D eigenvalue weighted by molar-refractivity contribution is 4.99. The second-order valence-electron chi connectivity index (χ2n) is 3.63. The zero-order chi connectivity index (χ0) is 10.4. The third-order valence-corrected chi connectivity index (χ3v) is 1.78. The molecule has 0 spiro atoms. The smallest absolute Gasteiger partial charge is 0.0625 e. The molecular formula is C9H15N5. The van der Waals surface area contributed by atoms with E-state index in [1.54, 1.807) is 0 Å². The molecule has 5 heteroatoms. The van der Waals surface area contributed by atoms with Crippen LogP contribution < -0.4 is 0 Å². The van der Waals surface area contributed by atoms with Gasteiger partial charge in [-0.1, -0.05) is 19.0 Å². The summed E-state index contributed by atoms with van der Waals surface area (Å²) in [6.45, 7) is 5.72. The van der Waals surface area contributed by atoms with Crippen LogP contribution in [0.2, 0.25) is 0 Å². The Morgan fingerprint density at radius 2 is 2.43 bits per heavy atom. The van der Waals surface area contributed by atoms with E-state index in [9.17, 15) is 0 Å². The molecule has 1 aromatic rings. The predicted molar refractivity (Wildman–Crippen MR) is 54.8 cm³/mol. The average Bonchev–Trinajstić information content (AvgIpc) is 2.52. The van der Waals surface area contributed by atoms with Crippen molar-refractivity contribution in [3.8, 4) is 0 Å².